The molecule has 0 N–H and O–H groups in total. The number of aryl methyl sites for hydroxylation is 1. The molecular formula is C17H15F2NO. The van der Waals surface area contributed by atoms with Crippen molar-refractivity contribution in [3.63, 3.8) is 0 Å². The van der Waals surface area contributed by atoms with Gasteiger partial charge in [0.25, 0.3) is 0 Å². The molecule has 0 aliphatic heterocycles. The third-order valence-corrected chi connectivity index (χ3v) is 3.46. The zero-order valence-electron chi connectivity index (χ0n) is 11.6. The summed E-state index contributed by atoms with van der Waals surface area (Å²) < 4.78 is 34.5. The first kappa shape index (κ1) is 13.6. The topological polar surface area (TPSA) is 14.2 Å². The molecule has 0 saturated heterocycles. The molecule has 0 aliphatic carbocycles. The van der Waals surface area contributed by atoms with Crippen LogP contribution < -0.4 is 4.74 Å². The number of halogens is 2. The highest BCUT2D eigenvalue weighted by Gasteiger charge is 2.12. The minimum atomic E-state index is -0.338. The van der Waals surface area contributed by atoms with Crippen molar-refractivity contribution in [3.8, 4) is 5.75 Å². The van der Waals surface area contributed by atoms with Gasteiger partial charge in [0.2, 0.25) is 0 Å². The molecule has 108 valence electrons. The number of fused-ring (bicyclic) bond motifs is 1. The third kappa shape index (κ3) is 2.61. The van der Waals surface area contributed by atoms with E-state index in [2.05, 4.69) is 0 Å². The lowest BCUT2D eigenvalue weighted by Crippen LogP contribution is -1.95. The minimum absolute atomic E-state index is 0.244. The number of nitrogens with zero attached hydrogens (tertiary/aromatic N) is 1. The number of para-hydroxylation sites is 1. The van der Waals surface area contributed by atoms with E-state index in [4.69, 9.17) is 4.74 Å². The van der Waals surface area contributed by atoms with Crippen LogP contribution in [0.3, 0.4) is 0 Å². The van der Waals surface area contributed by atoms with Crippen LogP contribution in [0.15, 0.2) is 48.7 Å². The molecule has 4 heteroatoms. The number of hydrogen-bond donors (Lipinski definition) is 0. The van der Waals surface area contributed by atoms with Crippen molar-refractivity contribution >= 4 is 10.9 Å². The molecular weight excluding hydrogens is 272 g/mol. The summed E-state index contributed by atoms with van der Waals surface area (Å²) in [7, 11) is 0. The van der Waals surface area contributed by atoms with Crippen molar-refractivity contribution in [1.82, 2.24) is 4.57 Å². The van der Waals surface area contributed by atoms with Crippen molar-refractivity contribution in [2.75, 3.05) is 0 Å². The van der Waals surface area contributed by atoms with E-state index in [0.717, 1.165) is 10.9 Å². The highest BCUT2D eigenvalue weighted by Crippen LogP contribution is 2.25. The van der Waals surface area contributed by atoms with Crippen molar-refractivity contribution < 1.29 is 13.5 Å². The molecule has 0 amide bonds. The first-order valence-corrected chi connectivity index (χ1v) is 6.83. The molecule has 2 aromatic carbocycles. The number of ether oxygens (including phenoxy) is 1. The molecule has 0 atom stereocenters. The van der Waals surface area contributed by atoms with Crippen LogP contribution in [0.1, 0.15) is 12.5 Å². The van der Waals surface area contributed by atoms with Crippen LogP contribution in [0.4, 0.5) is 8.78 Å². The molecule has 0 bridgehead atoms. The predicted molar refractivity (Wildman–Crippen MR) is 78.3 cm³/mol. The standard InChI is InChI=1S/C17H15F2NO/c1-2-20-10-12(15-7-4-8-16(19)17(15)20)11-21-14-6-3-5-13(18)9-14/h3-10H,2,11H2,1H3. The van der Waals surface area contributed by atoms with E-state index in [1.807, 2.05) is 23.8 Å². The second-order valence-corrected chi connectivity index (χ2v) is 4.82. The molecule has 0 radical (unpaired) electrons. The van der Waals surface area contributed by atoms with Gasteiger partial charge in [-0.2, -0.15) is 0 Å². The fourth-order valence-corrected chi connectivity index (χ4v) is 2.47. The van der Waals surface area contributed by atoms with E-state index in [1.165, 1.54) is 18.2 Å². The van der Waals surface area contributed by atoms with Crippen molar-refractivity contribution in [2.45, 2.75) is 20.1 Å². The largest absolute Gasteiger partial charge is 0.489 e. The third-order valence-electron chi connectivity index (χ3n) is 3.46. The van der Waals surface area contributed by atoms with Gasteiger partial charge in [0, 0.05) is 29.8 Å². The average Bonchev–Trinajstić information content (AvgIpc) is 2.85. The summed E-state index contributed by atoms with van der Waals surface area (Å²) in [4.78, 5) is 0. The summed E-state index contributed by atoms with van der Waals surface area (Å²) in [6.07, 6.45) is 1.88. The van der Waals surface area contributed by atoms with Gasteiger partial charge in [0.1, 0.15) is 24.0 Å². The lowest BCUT2D eigenvalue weighted by molar-refractivity contribution is 0.305. The van der Waals surface area contributed by atoms with Crippen LogP contribution >= 0.6 is 0 Å². The van der Waals surface area contributed by atoms with Gasteiger partial charge >= 0.3 is 0 Å². The first-order valence-electron chi connectivity index (χ1n) is 6.83. The highest BCUT2D eigenvalue weighted by molar-refractivity contribution is 5.84. The minimum Gasteiger partial charge on any atom is -0.489 e. The SMILES string of the molecule is CCn1cc(COc2cccc(F)c2)c2cccc(F)c21. The Morgan fingerprint density at radius 1 is 1.10 bits per heavy atom. The fourth-order valence-electron chi connectivity index (χ4n) is 2.47. The second kappa shape index (κ2) is 5.56. The molecule has 0 fully saturated rings. The Labute approximate surface area is 121 Å². The lowest BCUT2D eigenvalue weighted by atomic mass is 10.2. The number of hydrogen-bond acceptors (Lipinski definition) is 1. The zero-order valence-corrected chi connectivity index (χ0v) is 11.6. The number of aromatic nitrogens is 1. The Hall–Kier alpha value is -2.36. The molecule has 0 spiro atoms. The van der Waals surface area contributed by atoms with Crippen molar-refractivity contribution in [1.29, 1.82) is 0 Å². The molecule has 3 rings (SSSR count). The van der Waals surface area contributed by atoms with Crippen LogP contribution in [0, 0.1) is 11.6 Å². The molecule has 3 aromatic rings. The quantitative estimate of drug-likeness (QED) is 0.688. The van der Waals surface area contributed by atoms with E-state index < -0.39 is 0 Å². The van der Waals surface area contributed by atoms with Crippen LogP contribution in [0.25, 0.3) is 10.9 Å². The normalized spacial score (nSPS) is 11.0. The predicted octanol–water partition coefficient (Wildman–Crippen LogP) is 4.52. The summed E-state index contributed by atoms with van der Waals surface area (Å²) in [5.74, 6) is -0.121. The monoisotopic (exact) mass is 287 g/mol. The highest BCUT2D eigenvalue weighted by atomic mass is 19.1. The zero-order chi connectivity index (χ0) is 14.8. The van der Waals surface area contributed by atoms with Gasteiger partial charge in [-0.25, -0.2) is 8.78 Å². The lowest BCUT2D eigenvalue weighted by Gasteiger charge is -2.05. The Morgan fingerprint density at radius 2 is 1.90 bits per heavy atom. The summed E-state index contributed by atoms with van der Waals surface area (Å²) in [6, 6.07) is 11.0. The van der Waals surface area contributed by atoms with Crippen LogP contribution in [-0.2, 0) is 13.2 Å². The van der Waals surface area contributed by atoms with Gasteiger partial charge < -0.3 is 9.30 Å². The average molecular weight is 287 g/mol. The van der Waals surface area contributed by atoms with Gasteiger partial charge in [-0.3, -0.25) is 0 Å². The van der Waals surface area contributed by atoms with E-state index in [1.54, 1.807) is 18.2 Å². The Kier molecular flexibility index (Phi) is 3.60. The maximum atomic E-state index is 14.0. The molecule has 1 heterocycles. The molecule has 0 unspecified atom stereocenters. The van der Waals surface area contributed by atoms with Crippen molar-refractivity contribution in [2.24, 2.45) is 0 Å². The Balaban J connectivity index is 1.92. The van der Waals surface area contributed by atoms with Crippen LogP contribution in [0.5, 0.6) is 5.75 Å². The van der Waals surface area contributed by atoms with E-state index in [9.17, 15) is 8.78 Å². The summed E-state index contributed by atoms with van der Waals surface area (Å²) in [6.45, 7) is 2.91. The molecule has 21 heavy (non-hydrogen) atoms. The summed E-state index contributed by atoms with van der Waals surface area (Å²) >= 11 is 0. The van der Waals surface area contributed by atoms with E-state index in [-0.39, 0.29) is 18.2 Å². The molecule has 0 saturated carbocycles. The van der Waals surface area contributed by atoms with Gasteiger partial charge in [-0.1, -0.05) is 18.2 Å². The number of rotatable bonds is 4. The molecule has 2 nitrogen and oxygen atoms in total. The van der Waals surface area contributed by atoms with E-state index >= 15 is 0 Å². The Morgan fingerprint density at radius 3 is 2.67 bits per heavy atom. The maximum absolute atomic E-state index is 14.0. The first-order chi connectivity index (χ1) is 10.2. The van der Waals surface area contributed by atoms with Crippen molar-refractivity contribution in [3.05, 3.63) is 65.9 Å². The van der Waals surface area contributed by atoms with Crippen LogP contribution in [0.2, 0.25) is 0 Å². The molecule has 1 aromatic heterocycles. The van der Waals surface area contributed by atoms with Gasteiger partial charge in [0.15, 0.2) is 0 Å². The molecule has 0 aliphatic rings. The summed E-state index contributed by atoms with van der Waals surface area (Å²) in [5.41, 5.74) is 1.47. The summed E-state index contributed by atoms with van der Waals surface area (Å²) in [5, 5.41) is 0.827. The Bertz CT molecular complexity index is 780. The number of benzene rings is 2. The van der Waals surface area contributed by atoms with Gasteiger partial charge in [0.05, 0.1) is 5.52 Å². The van der Waals surface area contributed by atoms with Gasteiger partial charge in [-0.15, -0.1) is 0 Å². The van der Waals surface area contributed by atoms with E-state index in [0.29, 0.717) is 17.8 Å². The second-order valence-electron chi connectivity index (χ2n) is 4.82. The van der Waals surface area contributed by atoms with Gasteiger partial charge in [-0.05, 0) is 25.1 Å². The maximum Gasteiger partial charge on any atom is 0.147 e. The van der Waals surface area contributed by atoms with Crippen LogP contribution in [-0.4, -0.2) is 4.57 Å². The smallest absolute Gasteiger partial charge is 0.147 e. The fraction of sp³-hybridized carbons (Fsp3) is 0.176.